The van der Waals surface area contributed by atoms with Crippen LogP contribution in [0.25, 0.3) is 11.2 Å². The lowest BCUT2D eigenvalue weighted by molar-refractivity contribution is -0.0424. The van der Waals surface area contributed by atoms with Crippen LogP contribution in [0.15, 0.2) is 12.7 Å². The Morgan fingerprint density at radius 2 is 2.23 bits per heavy atom. The van der Waals surface area contributed by atoms with Crippen LogP contribution in [-0.2, 0) is 13.8 Å². The topological polar surface area (TPSA) is 166 Å². The molecule has 0 spiro atoms. The lowest BCUT2D eigenvalue weighted by atomic mass is 10.2. The number of ether oxygens (including phenoxy) is 1. The number of hydrogen-bond acceptors (Lipinski definition) is 8. The van der Waals surface area contributed by atoms with Gasteiger partial charge in [-0.3, -0.25) is 9.09 Å². The number of phosphoric ester groups is 1. The molecule has 0 aliphatic carbocycles. The van der Waals surface area contributed by atoms with Gasteiger partial charge in [0.25, 0.3) is 0 Å². The number of imidazole rings is 1. The van der Waals surface area contributed by atoms with Gasteiger partial charge < -0.3 is 25.4 Å². The van der Waals surface area contributed by atoms with Crippen LogP contribution < -0.4 is 5.73 Å². The third-order valence-electron chi connectivity index (χ3n) is 3.31. The first-order valence-electron chi connectivity index (χ1n) is 6.32. The zero-order chi connectivity index (χ0) is 15.9. The second kappa shape index (κ2) is 5.54. The minimum atomic E-state index is -4.62. The average molecular weight is 331 g/mol. The standard InChI is InChI=1S/C10H14N5O6P/c11-9-8-10(13-3-12-9)15(4-14-8)7-1-5(16)6(21-7)2-20-22(17,18)19/h3-7,16H,1-2H2,(H2,11,12,13)(H2,17,18,19)/t5?,6?,7-/m1/s1. The van der Waals surface area contributed by atoms with Crippen molar-refractivity contribution in [1.82, 2.24) is 19.5 Å². The van der Waals surface area contributed by atoms with E-state index in [1.165, 1.54) is 12.7 Å². The Kier molecular flexibility index (Phi) is 3.85. The van der Waals surface area contributed by atoms with Gasteiger partial charge in [0.15, 0.2) is 11.5 Å². The summed E-state index contributed by atoms with van der Waals surface area (Å²) in [5.41, 5.74) is 6.55. The lowest BCUT2D eigenvalue weighted by Crippen LogP contribution is -2.25. The fraction of sp³-hybridized carbons (Fsp3) is 0.500. The van der Waals surface area contributed by atoms with Gasteiger partial charge in [0.2, 0.25) is 0 Å². The first-order chi connectivity index (χ1) is 10.3. The van der Waals surface area contributed by atoms with E-state index in [1.54, 1.807) is 4.57 Å². The molecule has 0 radical (unpaired) electrons. The highest BCUT2D eigenvalue weighted by molar-refractivity contribution is 7.46. The third kappa shape index (κ3) is 2.95. The molecular weight excluding hydrogens is 317 g/mol. The molecule has 0 aromatic carbocycles. The Hall–Kier alpha value is -1.62. The SMILES string of the molecule is Nc1ncnc2c1ncn2[C@H]1CC(O)C(COP(=O)(O)O)O1. The largest absolute Gasteiger partial charge is 0.469 e. The predicted molar refractivity (Wildman–Crippen MR) is 72.3 cm³/mol. The predicted octanol–water partition coefficient (Wildman–Crippen LogP) is -0.834. The van der Waals surface area contributed by atoms with E-state index in [2.05, 4.69) is 19.5 Å². The number of rotatable bonds is 4. The molecule has 120 valence electrons. The zero-order valence-corrected chi connectivity index (χ0v) is 12.1. The molecule has 5 N–H and O–H groups in total. The normalized spacial score (nSPS) is 25.9. The highest BCUT2D eigenvalue weighted by Crippen LogP contribution is 2.38. The molecule has 2 unspecified atom stereocenters. The fourth-order valence-electron chi connectivity index (χ4n) is 2.29. The molecule has 1 aliphatic heterocycles. The average Bonchev–Trinajstić information content (AvgIpc) is 3.00. The number of nitrogens with two attached hydrogens (primary N) is 1. The summed E-state index contributed by atoms with van der Waals surface area (Å²) in [5.74, 6) is 0.226. The molecule has 1 saturated heterocycles. The minimum absolute atomic E-state index is 0.199. The number of aliphatic hydroxyl groups is 1. The van der Waals surface area contributed by atoms with Crippen LogP contribution in [0.5, 0.6) is 0 Å². The lowest BCUT2D eigenvalue weighted by Gasteiger charge is -2.16. The van der Waals surface area contributed by atoms with E-state index in [4.69, 9.17) is 20.3 Å². The maximum absolute atomic E-state index is 10.7. The Morgan fingerprint density at radius 3 is 2.95 bits per heavy atom. The van der Waals surface area contributed by atoms with Gasteiger partial charge in [0, 0.05) is 6.42 Å². The smallest absolute Gasteiger partial charge is 0.390 e. The van der Waals surface area contributed by atoms with E-state index in [9.17, 15) is 9.67 Å². The summed E-state index contributed by atoms with van der Waals surface area (Å²) >= 11 is 0. The molecule has 11 nitrogen and oxygen atoms in total. The summed E-state index contributed by atoms with van der Waals surface area (Å²) in [6.07, 6.45) is 0.543. The summed E-state index contributed by atoms with van der Waals surface area (Å²) in [4.78, 5) is 29.4. The Bertz CT molecular complexity index is 732. The van der Waals surface area contributed by atoms with Crippen molar-refractivity contribution in [3.05, 3.63) is 12.7 Å². The van der Waals surface area contributed by atoms with Crippen molar-refractivity contribution in [3.8, 4) is 0 Å². The summed E-state index contributed by atoms with van der Waals surface area (Å²) < 4.78 is 22.2. The number of anilines is 1. The Balaban J connectivity index is 1.78. The summed E-state index contributed by atoms with van der Waals surface area (Å²) in [5, 5.41) is 9.93. The van der Waals surface area contributed by atoms with Crippen molar-refractivity contribution in [2.75, 3.05) is 12.3 Å². The molecule has 0 bridgehead atoms. The van der Waals surface area contributed by atoms with Crippen LogP contribution in [0, 0.1) is 0 Å². The van der Waals surface area contributed by atoms with E-state index in [-0.39, 0.29) is 12.2 Å². The molecule has 1 fully saturated rings. The molecule has 2 aromatic heterocycles. The molecule has 3 rings (SSSR count). The van der Waals surface area contributed by atoms with E-state index in [1.807, 2.05) is 0 Å². The molecule has 22 heavy (non-hydrogen) atoms. The van der Waals surface area contributed by atoms with Crippen molar-refractivity contribution < 1.29 is 28.7 Å². The van der Waals surface area contributed by atoms with Gasteiger partial charge in [0.1, 0.15) is 24.2 Å². The van der Waals surface area contributed by atoms with Crippen molar-refractivity contribution in [2.24, 2.45) is 0 Å². The fourth-order valence-corrected chi connectivity index (χ4v) is 2.63. The van der Waals surface area contributed by atoms with Crippen molar-refractivity contribution >= 4 is 24.8 Å². The van der Waals surface area contributed by atoms with Gasteiger partial charge in [-0.15, -0.1) is 0 Å². The number of hydrogen-bond donors (Lipinski definition) is 4. The van der Waals surface area contributed by atoms with Gasteiger partial charge >= 0.3 is 7.82 Å². The van der Waals surface area contributed by atoms with Crippen molar-refractivity contribution in [1.29, 1.82) is 0 Å². The molecule has 0 saturated carbocycles. The van der Waals surface area contributed by atoms with Crippen LogP contribution in [-0.4, -0.2) is 53.2 Å². The van der Waals surface area contributed by atoms with Crippen molar-refractivity contribution in [2.45, 2.75) is 24.9 Å². The number of nitrogen functional groups attached to an aromatic ring is 1. The van der Waals surface area contributed by atoms with E-state index in [0.717, 1.165) is 0 Å². The molecular formula is C10H14N5O6P. The van der Waals surface area contributed by atoms with Crippen LogP contribution >= 0.6 is 7.82 Å². The highest BCUT2D eigenvalue weighted by Gasteiger charge is 2.37. The molecule has 3 atom stereocenters. The van der Waals surface area contributed by atoms with Crippen LogP contribution in [0.3, 0.4) is 0 Å². The maximum Gasteiger partial charge on any atom is 0.469 e. The van der Waals surface area contributed by atoms with Crippen LogP contribution in [0.1, 0.15) is 12.6 Å². The van der Waals surface area contributed by atoms with E-state index >= 15 is 0 Å². The number of fused-ring (bicyclic) bond motifs is 1. The monoisotopic (exact) mass is 331 g/mol. The summed E-state index contributed by atoms with van der Waals surface area (Å²) in [7, 11) is -4.62. The highest BCUT2D eigenvalue weighted by atomic mass is 31.2. The molecule has 0 amide bonds. The number of aromatic nitrogens is 4. The van der Waals surface area contributed by atoms with Gasteiger partial charge in [0.05, 0.1) is 19.0 Å². The first kappa shape index (κ1) is 15.3. The van der Waals surface area contributed by atoms with E-state index < -0.39 is 32.9 Å². The summed E-state index contributed by atoms with van der Waals surface area (Å²) in [6.45, 7) is -0.425. The third-order valence-corrected chi connectivity index (χ3v) is 3.79. The van der Waals surface area contributed by atoms with Gasteiger partial charge in [-0.25, -0.2) is 19.5 Å². The first-order valence-corrected chi connectivity index (χ1v) is 7.85. The molecule has 1 aliphatic rings. The molecule has 2 aromatic rings. The number of nitrogens with zero attached hydrogens (tertiary/aromatic N) is 4. The van der Waals surface area contributed by atoms with Gasteiger partial charge in [-0.05, 0) is 0 Å². The van der Waals surface area contributed by atoms with Gasteiger partial charge in [-0.1, -0.05) is 0 Å². The second-order valence-electron chi connectivity index (χ2n) is 4.80. The van der Waals surface area contributed by atoms with Gasteiger partial charge in [-0.2, -0.15) is 0 Å². The Labute approximate surface area is 124 Å². The Morgan fingerprint density at radius 1 is 1.45 bits per heavy atom. The quantitative estimate of drug-likeness (QED) is 0.519. The number of aliphatic hydroxyl groups excluding tert-OH is 1. The van der Waals surface area contributed by atoms with Crippen LogP contribution in [0.4, 0.5) is 5.82 Å². The second-order valence-corrected chi connectivity index (χ2v) is 6.04. The molecule has 3 heterocycles. The minimum Gasteiger partial charge on any atom is -0.390 e. The number of phosphoric acid groups is 1. The molecule has 12 heteroatoms. The van der Waals surface area contributed by atoms with Crippen molar-refractivity contribution in [3.63, 3.8) is 0 Å². The summed E-state index contributed by atoms with van der Waals surface area (Å²) in [6, 6.07) is 0. The van der Waals surface area contributed by atoms with Crippen LogP contribution in [0.2, 0.25) is 0 Å². The maximum atomic E-state index is 10.7. The zero-order valence-electron chi connectivity index (χ0n) is 11.2. The van der Waals surface area contributed by atoms with E-state index in [0.29, 0.717) is 11.2 Å².